The van der Waals surface area contributed by atoms with Gasteiger partial charge in [0.15, 0.2) is 0 Å². The highest BCUT2D eigenvalue weighted by Gasteiger charge is 2.17. The van der Waals surface area contributed by atoms with Crippen LogP contribution in [0, 0.1) is 0 Å². The van der Waals surface area contributed by atoms with E-state index in [1.807, 2.05) is 49.4 Å². The second-order valence-electron chi connectivity index (χ2n) is 10.3. The zero-order valence-corrected chi connectivity index (χ0v) is 25.1. The first-order valence-electron chi connectivity index (χ1n) is 14.2. The minimum Gasteiger partial charge on any atom is -0.387 e. The number of fused-ring (bicyclic) bond motifs is 1. The summed E-state index contributed by atoms with van der Waals surface area (Å²) < 4.78 is 7.98. The fraction of sp³-hybridized carbons (Fsp3) is 0.188. The van der Waals surface area contributed by atoms with Crippen LogP contribution < -0.4 is 21.7 Å². The Labute approximate surface area is 258 Å². The molecule has 0 spiro atoms. The number of rotatable bonds is 11. The molecule has 0 bridgehead atoms. The summed E-state index contributed by atoms with van der Waals surface area (Å²) in [6.45, 7) is 2.83. The lowest BCUT2D eigenvalue weighted by atomic mass is 10.1. The van der Waals surface area contributed by atoms with Crippen LogP contribution >= 0.6 is 0 Å². The fourth-order valence-electron chi connectivity index (χ4n) is 4.63. The van der Waals surface area contributed by atoms with E-state index in [1.165, 1.54) is 0 Å². The number of aromatic nitrogens is 4. The molecule has 0 saturated heterocycles. The molecule has 0 aliphatic heterocycles. The third-order valence-electron chi connectivity index (χ3n) is 6.94. The summed E-state index contributed by atoms with van der Waals surface area (Å²) in [5.74, 6) is -0.519. The van der Waals surface area contributed by atoms with Gasteiger partial charge in [0.2, 0.25) is 0 Å². The maximum atomic E-state index is 13.1. The van der Waals surface area contributed by atoms with E-state index in [2.05, 4.69) is 31.3 Å². The molecule has 0 radical (unpaired) electrons. The maximum absolute atomic E-state index is 13.1. The van der Waals surface area contributed by atoms with E-state index in [9.17, 15) is 14.4 Å². The Morgan fingerprint density at radius 1 is 0.822 bits per heavy atom. The van der Waals surface area contributed by atoms with Gasteiger partial charge >= 0.3 is 0 Å². The van der Waals surface area contributed by atoms with Gasteiger partial charge in [-0.25, -0.2) is 4.63 Å². The Bertz CT molecular complexity index is 1910. The van der Waals surface area contributed by atoms with Crippen molar-refractivity contribution < 1.29 is 19.0 Å². The molecule has 5 rings (SSSR count). The van der Waals surface area contributed by atoms with Crippen LogP contribution in [-0.2, 0) is 14.1 Å². The number of carbonyl (C=O) groups is 3. The first-order chi connectivity index (χ1) is 21.7. The predicted molar refractivity (Wildman–Crippen MR) is 173 cm³/mol. The normalized spacial score (nSPS) is 11.7. The molecular weight excluding hydrogens is 574 g/mol. The van der Waals surface area contributed by atoms with Crippen LogP contribution in [0.3, 0.4) is 0 Å². The molecule has 5 N–H and O–H groups in total. The molecule has 230 valence electrons. The van der Waals surface area contributed by atoms with Crippen molar-refractivity contribution in [2.75, 3.05) is 23.7 Å². The van der Waals surface area contributed by atoms with Crippen LogP contribution in [0.1, 0.15) is 55.8 Å². The lowest BCUT2D eigenvalue weighted by Gasteiger charge is -2.05. The summed E-state index contributed by atoms with van der Waals surface area (Å²) in [6, 6.07) is 15.9. The molecule has 2 aromatic carbocycles. The van der Waals surface area contributed by atoms with Gasteiger partial charge in [-0.1, -0.05) is 30.4 Å². The van der Waals surface area contributed by atoms with Gasteiger partial charge in [0.1, 0.15) is 22.4 Å². The smallest absolute Gasteiger partial charge is 0.272 e. The van der Waals surface area contributed by atoms with Crippen LogP contribution in [0.4, 0.5) is 11.4 Å². The molecule has 0 aliphatic carbocycles. The van der Waals surface area contributed by atoms with Gasteiger partial charge < -0.3 is 30.8 Å². The summed E-state index contributed by atoms with van der Waals surface area (Å²) >= 11 is 0. The van der Waals surface area contributed by atoms with Crippen molar-refractivity contribution in [2.45, 2.75) is 13.3 Å². The van der Waals surface area contributed by atoms with E-state index < -0.39 is 5.91 Å². The largest absolute Gasteiger partial charge is 0.387 e. The van der Waals surface area contributed by atoms with Gasteiger partial charge in [0.05, 0.1) is 17.2 Å². The summed E-state index contributed by atoms with van der Waals surface area (Å²) in [5.41, 5.74) is 11.1. The summed E-state index contributed by atoms with van der Waals surface area (Å²) in [6.07, 6.45) is 7.62. The minimum atomic E-state index is -0.394. The molecule has 0 saturated carbocycles. The number of hydrogen-bond donors (Lipinski definition) is 4. The molecule has 5 aromatic rings. The van der Waals surface area contributed by atoms with E-state index in [0.717, 1.165) is 11.1 Å². The van der Waals surface area contributed by atoms with Crippen LogP contribution in [0.15, 0.2) is 76.6 Å². The average molecular weight is 608 g/mol. The van der Waals surface area contributed by atoms with Crippen molar-refractivity contribution in [2.24, 2.45) is 24.8 Å². The lowest BCUT2D eigenvalue weighted by molar-refractivity contribution is 0.0945. The number of nitrogens with two attached hydrogens (primary N) is 1. The average Bonchev–Trinajstić information content (AvgIpc) is 3.74. The van der Waals surface area contributed by atoms with E-state index in [1.54, 1.807) is 59.9 Å². The molecule has 0 atom stereocenters. The molecule has 3 aromatic heterocycles. The highest BCUT2D eigenvalue weighted by Crippen LogP contribution is 2.19. The first-order valence-corrected chi connectivity index (χ1v) is 14.2. The number of anilines is 2. The monoisotopic (exact) mass is 607 g/mol. The molecule has 0 unspecified atom stereocenters. The van der Waals surface area contributed by atoms with Crippen molar-refractivity contribution in [3.63, 3.8) is 0 Å². The number of hydrogen-bond acceptors (Lipinski definition) is 7. The predicted octanol–water partition coefficient (Wildman–Crippen LogP) is 4.07. The number of nitrogens with one attached hydrogen (secondary N) is 3. The molecule has 13 heteroatoms. The third-order valence-corrected chi connectivity index (χ3v) is 6.94. The van der Waals surface area contributed by atoms with Crippen LogP contribution in [0.25, 0.3) is 23.2 Å². The SMILES string of the molecule is CCN=C(N)CCNC(=O)c1cc(NC(=O)c2cc(NC(=O)c3ccc(/C=C/c4ccc5nonc5c4)cc3)cn2C)cn1C. The number of carbonyl (C=O) groups excluding carboxylic acids is 3. The van der Waals surface area contributed by atoms with Gasteiger partial charge in [0.25, 0.3) is 17.7 Å². The molecule has 13 nitrogen and oxygen atoms in total. The Morgan fingerprint density at radius 3 is 2.11 bits per heavy atom. The standard InChI is InChI=1S/C32H33N9O4/c1-4-34-29(33)13-14-35-31(43)27-16-24(19-40(27)2)37-32(44)28-17-23(18-41(28)3)36-30(42)22-10-7-20(8-11-22)5-6-21-9-12-25-26(15-21)39-45-38-25/h5-12,15-19H,4,13-14H2,1-3H3,(H2,33,34)(H,35,43)(H,36,42)(H,37,44)/b6-5+. The topological polar surface area (TPSA) is 174 Å². The van der Waals surface area contributed by atoms with E-state index in [0.29, 0.717) is 64.7 Å². The van der Waals surface area contributed by atoms with Crippen LogP contribution in [0.5, 0.6) is 0 Å². The quantitative estimate of drug-likeness (QED) is 0.0994. The fourth-order valence-corrected chi connectivity index (χ4v) is 4.63. The van der Waals surface area contributed by atoms with Crippen LogP contribution in [0.2, 0.25) is 0 Å². The van der Waals surface area contributed by atoms with Crippen molar-refractivity contribution in [1.29, 1.82) is 0 Å². The molecule has 3 amide bonds. The van der Waals surface area contributed by atoms with E-state index in [-0.39, 0.29) is 11.8 Å². The third kappa shape index (κ3) is 7.51. The van der Waals surface area contributed by atoms with Crippen LogP contribution in [-0.4, -0.2) is 56.1 Å². The molecular formula is C32H33N9O4. The molecule has 3 heterocycles. The van der Waals surface area contributed by atoms with Gasteiger partial charge in [-0.15, -0.1) is 0 Å². The number of amides is 3. The Hall–Kier alpha value is -5.98. The summed E-state index contributed by atoms with van der Waals surface area (Å²) in [4.78, 5) is 42.7. The zero-order chi connectivity index (χ0) is 31.9. The Balaban J connectivity index is 1.16. The van der Waals surface area contributed by atoms with Gasteiger partial charge in [0, 0.05) is 51.6 Å². The van der Waals surface area contributed by atoms with Crippen molar-refractivity contribution in [1.82, 2.24) is 24.8 Å². The number of nitrogens with zero attached hydrogens (tertiary/aromatic N) is 5. The number of aliphatic imine (C=N–C) groups is 1. The highest BCUT2D eigenvalue weighted by atomic mass is 16.6. The Morgan fingerprint density at radius 2 is 1.42 bits per heavy atom. The van der Waals surface area contributed by atoms with Gasteiger partial charge in [-0.05, 0) is 64.8 Å². The lowest BCUT2D eigenvalue weighted by Crippen LogP contribution is -2.29. The number of aryl methyl sites for hydroxylation is 2. The summed E-state index contributed by atoms with van der Waals surface area (Å²) in [7, 11) is 3.42. The van der Waals surface area contributed by atoms with Gasteiger partial charge in [-0.2, -0.15) is 0 Å². The zero-order valence-electron chi connectivity index (χ0n) is 25.1. The van der Waals surface area contributed by atoms with Crippen molar-refractivity contribution in [3.05, 3.63) is 95.1 Å². The number of benzene rings is 2. The molecule has 0 aliphatic rings. The Kier molecular flexibility index (Phi) is 9.17. The van der Waals surface area contributed by atoms with Gasteiger partial charge in [-0.3, -0.25) is 19.4 Å². The van der Waals surface area contributed by atoms with Crippen molar-refractivity contribution in [3.8, 4) is 0 Å². The number of amidine groups is 1. The second kappa shape index (κ2) is 13.5. The molecule has 45 heavy (non-hydrogen) atoms. The highest BCUT2D eigenvalue weighted by molar-refractivity contribution is 6.07. The van der Waals surface area contributed by atoms with Crippen molar-refractivity contribution >= 4 is 58.1 Å². The van der Waals surface area contributed by atoms with E-state index in [4.69, 9.17) is 10.4 Å². The molecule has 0 fully saturated rings. The summed E-state index contributed by atoms with van der Waals surface area (Å²) in [5, 5.41) is 16.1. The maximum Gasteiger partial charge on any atom is 0.272 e. The minimum absolute atomic E-state index is 0.294. The first kappa shape index (κ1) is 30.5. The second-order valence-corrected chi connectivity index (χ2v) is 10.3. The van der Waals surface area contributed by atoms with E-state index >= 15 is 0 Å².